The second-order valence-corrected chi connectivity index (χ2v) is 4.26. The molecule has 0 radical (unpaired) electrons. The number of hydrogen-bond acceptors (Lipinski definition) is 3. The van der Waals surface area contributed by atoms with E-state index in [9.17, 15) is 0 Å². The first kappa shape index (κ1) is 10.7. The molecular formula is C11H15ClN2O. The Bertz CT molecular complexity index is 337. The van der Waals surface area contributed by atoms with E-state index in [1.54, 1.807) is 6.20 Å². The molecule has 82 valence electrons. The van der Waals surface area contributed by atoms with Crippen LogP contribution >= 0.6 is 11.6 Å². The van der Waals surface area contributed by atoms with Gasteiger partial charge in [0, 0.05) is 25.5 Å². The summed E-state index contributed by atoms with van der Waals surface area (Å²) in [6.07, 6.45) is 3.78. The van der Waals surface area contributed by atoms with Crippen LogP contribution in [-0.2, 0) is 4.74 Å². The van der Waals surface area contributed by atoms with Gasteiger partial charge in [-0.25, -0.2) is 4.98 Å². The first-order valence-corrected chi connectivity index (χ1v) is 5.60. The first-order chi connectivity index (χ1) is 7.25. The Morgan fingerprint density at radius 3 is 2.87 bits per heavy atom. The average molecular weight is 227 g/mol. The number of anilines is 1. The zero-order valence-electron chi connectivity index (χ0n) is 8.79. The van der Waals surface area contributed by atoms with Crippen molar-refractivity contribution >= 4 is 17.4 Å². The molecule has 0 aromatic carbocycles. The van der Waals surface area contributed by atoms with Crippen molar-refractivity contribution in [3.8, 4) is 0 Å². The van der Waals surface area contributed by atoms with Crippen LogP contribution in [0.15, 0.2) is 12.3 Å². The fourth-order valence-corrected chi connectivity index (χ4v) is 1.77. The molecule has 0 bridgehead atoms. The van der Waals surface area contributed by atoms with Gasteiger partial charge in [0.05, 0.1) is 5.02 Å². The zero-order chi connectivity index (χ0) is 10.7. The maximum absolute atomic E-state index is 5.91. The lowest BCUT2D eigenvalue weighted by Gasteiger charge is -2.23. The summed E-state index contributed by atoms with van der Waals surface area (Å²) in [6.45, 7) is 3.66. The summed E-state index contributed by atoms with van der Waals surface area (Å²) in [5, 5.41) is 4.11. The molecule has 1 aliphatic heterocycles. The molecule has 3 nitrogen and oxygen atoms in total. The maximum Gasteiger partial charge on any atom is 0.126 e. The van der Waals surface area contributed by atoms with E-state index in [0.717, 1.165) is 37.4 Å². The van der Waals surface area contributed by atoms with Crippen LogP contribution in [0.25, 0.3) is 0 Å². The van der Waals surface area contributed by atoms with Gasteiger partial charge >= 0.3 is 0 Å². The number of pyridine rings is 1. The van der Waals surface area contributed by atoms with Gasteiger partial charge in [-0.2, -0.15) is 0 Å². The summed E-state index contributed by atoms with van der Waals surface area (Å²) >= 11 is 5.91. The van der Waals surface area contributed by atoms with Gasteiger partial charge in [-0.15, -0.1) is 0 Å². The van der Waals surface area contributed by atoms with Crippen LogP contribution in [0, 0.1) is 6.92 Å². The van der Waals surface area contributed by atoms with Crippen LogP contribution in [-0.4, -0.2) is 24.2 Å². The monoisotopic (exact) mass is 226 g/mol. The molecule has 0 unspecified atom stereocenters. The molecule has 1 aromatic rings. The Morgan fingerprint density at radius 1 is 1.47 bits per heavy atom. The van der Waals surface area contributed by atoms with E-state index < -0.39 is 0 Å². The molecule has 2 rings (SSSR count). The summed E-state index contributed by atoms with van der Waals surface area (Å²) in [6, 6.07) is 2.46. The maximum atomic E-state index is 5.91. The Balaban J connectivity index is 2.00. The van der Waals surface area contributed by atoms with E-state index in [4.69, 9.17) is 16.3 Å². The fraction of sp³-hybridized carbons (Fsp3) is 0.545. The highest BCUT2D eigenvalue weighted by atomic mass is 35.5. The quantitative estimate of drug-likeness (QED) is 0.842. The minimum Gasteiger partial charge on any atom is -0.381 e. The van der Waals surface area contributed by atoms with Gasteiger partial charge in [0.2, 0.25) is 0 Å². The van der Waals surface area contributed by atoms with Gasteiger partial charge in [0.25, 0.3) is 0 Å². The third-order valence-corrected chi connectivity index (χ3v) is 3.02. The zero-order valence-corrected chi connectivity index (χ0v) is 9.55. The third-order valence-electron chi connectivity index (χ3n) is 2.62. The van der Waals surface area contributed by atoms with Crippen LogP contribution in [0.1, 0.15) is 18.4 Å². The Hall–Kier alpha value is -0.800. The van der Waals surface area contributed by atoms with Crippen molar-refractivity contribution in [2.75, 3.05) is 18.5 Å². The number of nitrogens with one attached hydrogen (secondary N) is 1. The number of halogens is 1. The predicted octanol–water partition coefficient (Wildman–Crippen LogP) is 2.63. The lowest BCUT2D eigenvalue weighted by atomic mass is 10.1. The van der Waals surface area contributed by atoms with Gasteiger partial charge < -0.3 is 10.1 Å². The van der Waals surface area contributed by atoms with Crippen molar-refractivity contribution in [3.05, 3.63) is 22.8 Å². The standard InChI is InChI=1S/C11H15ClN2O/c1-8-6-11(13-7-10(8)12)14-9-2-4-15-5-3-9/h6-7,9H,2-5H2,1H3,(H,13,14). The van der Waals surface area contributed by atoms with Crippen molar-refractivity contribution in [2.45, 2.75) is 25.8 Å². The minimum absolute atomic E-state index is 0.479. The molecule has 1 aliphatic rings. The number of nitrogens with zero attached hydrogens (tertiary/aromatic N) is 1. The Labute approximate surface area is 94.8 Å². The van der Waals surface area contributed by atoms with Crippen LogP contribution in [0.4, 0.5) is 5.82 Å². The SMILES string of the molecule is Cc1cc(NC2CCOCC2)ncc1Cl. The van der Waals surface area contributed by atoms with E-state index in [1.165, 1.54) is 0 Å². The third kappa shape index (κ3) is 2.83. The molecule has 0 aliphatic carbocycles. The van der Waals surface area contributed by atoms with Crippen LogP contribution < -0.4 is 5.32 Å². The summed E-state index contributed by atoms with van der Waals surface area (Å²) in [5.41, 5.74) is 1.06. The van der Waals surface area contributed by atoms with Crippen LogP contribution in [0.3, 0.4) is 0 Å². The molecule has 0 saturated carbocycles. The molecule has 0 spiro atoms. The number of hydrogen-bond donors (Lipinski definition) is 1. The summed E-state index contributed by atoms with van der Waals surface area (Å²) in [4.78, 5) is 4.25. The second-order valence-electron chi connectivity index (χ2n) is 3.85. The fourth-order valence-electron chi connectivity index (χ4n) is 1.67. The van der Waals surface area contributed by atoms with E-state index in [2.05, 4.69) is 10.3 Å². The molecule has 4 heteroatoms. The van der Waals surface area contributed by atoms with Crippen molar-refractivity contribution in [1.82, 2.24) is 4.98 Å². The molecule has 1 fully saturated rings. The van der Waals surface area contributed by atoms with Crippen LogP contribution in [0.2, 0.25) is 5.02 Å². The Kier molecular flexibility index (Phi) is 3.44. The van der Waals surface area contributed by atoms with Gasteiger partial charge in [-0.05, 0) is 31.4 Å². The van der Waals surface area contributed by atoms with Crippen molar-refractivity contribution in [3.63, 3.8) is 0 Å². The minimum atomic E-state index is 0.479. The van der Waals surface area contributed by atoms with Crippen molar-refractivity contribution in [1.29, 1.82) is 0 Å². The predicted molar refractivity (Wildman–Crippen MR) is 61.4 cm³/mol. The van der Waals surface area contributed by atoms with Gasteiger partial charge in [0.1, 0.15) is 5.82 Å². The molecule has 1 N–H and O–H groups in total. The smallest absolute Gasteiger partial charge is 0.126 e. The highest BCUT2D eigenvalue weighted by molar-refractivity contribution is 6.31. The lowest BCUT2D eigenvalue weighted by Crippen LogP contribution is -2.28. The van der Waals surface area contributed by atoms with Crippen LogP contribution in [0.5, 0.6) is 0 Å². The van der Waals surface area contributed by atoms with E-state index in [1.807, 2.05) is 13.0 Å². The van der Waals surface area contributed by atoms with Crippen molar-refractivity contribution in [2.24, 2.45) is 0 Å². The molecule has 1 saturated heterocycles. The van der Waals surface area contributed by atoms with Gasteiger partial charge in [-0.1, -0.05) is 11.6 Å². The number of ether oxygens (including phenoxy) is 1. The van der Waals surface area contributed by atoms with Gasteiger partial charge in [-0.3, -0.25) is 0 Å². The number of aromatic nitrogens is 1. The molecule has 0 atom stereocenters. The molecule has 2 heterocycles. The topological polar surface area (TPSA) is 34.1 Å². The Morgan fingerprint density at radius 2 is 2.20 bits per heavy atom. The van der Waals surface area contributed by atoms with E-state index >= 15 is 0 Å². The number of aryl methyl sites for hydroxylation is 1. The lowest BCUT2D eigenvalue weighted by molar-refractivity contribution is 0.0904. The largest absolute Gasteiger partial charge is 0.381 e. The highest BCUT2D eigenvalue weighted by Gasteiger charge is 2.13. The molecule has 0 amide bonds. The van der Waals surface area contributed by atoms with Crippen molar-refractivity contribution < 1.29 is 4.74 Å². The first-order valence-electron chi connectivity index (χ1n) is 5.22. The molecule has 15 heavy (non-hydrogen) atoms. The summed E-state index contributed by atoms with van der Waals surface area (Å²) in [5.74, 6) is 0.906. The number of rotatable bonds is 2. The summed E-state index contributed by atoms with van der Waals surface area (Å²) < 4.78 is 5.30. The van der Waals surface area contributed by atoms with E-state index in [0.29, 0.717) is 11.1 Å². The van der Waals surface area contributed by atoms with E-state index in [-0.39, 0.29) is 0 Å². The average Bonchev–Trinajstić information content (AvgIpc) is 2.25. The highest BCUT2D eigenvalue weighted by Crippen LogP contribution is 2.18. The molecule has 1 aromatic heterocycles. The van der Waals surface area contributed by atoms with Gasteiger partial charge in [0.15, 0.2) is 0 Å². The summed E-state index contributed by atoms with van der Waals surface area (Å²) in [7, 11) is 0. The normalized spacial score (nSPS) is 17.7. The second kappa shape index (κ2) is 4.81. The molecular weight excluding hydrogens is 212 g/mol.